The first-order valence-corrected chi connectivity index (χ1v) is 8.59. The fraction of sp³-hybridized carbons (Fsp3) is 0.667. The molecule has 2 unspecified atom stereocenters. The molecule has 2 aromatic rings. The molecule has 2 atom stereocenters. The zero-order chi connectivity index (χ0) is 15.5. The first-order valence-electron chi connectivity index (χ1n) is 7.71. The molecular weight excluding hydrogens is 282 g/mol. The number of rotatable bonds is 8. The fourth-order valence-electron chi connectivity index (χ4n) is 3.18. The van der Waals surface area contributed by atoms with Gasteiger partial charge < -0.3 is 0 Å². The number of nitrogens with zero attached hydrogens (tertiary/aromatic N) is 3. The zero-order valence-corrected chi connectivity index (χ0v) is 14.3. The molecule has 0 amide bonds. The molecule has 6 heteroatoms. The summed E-state index contributed by atoms with van der Waals surface area (Å²) in [5, 5.41) is 2.05. The number of fused-ring (bicyclic) bond motifs is 1. The summed E-state index contributed by atoms with van der Waals surface area (Å²) in [7, 11) is 0. The standard InChI is InChI=1S/C15H27N5S/c1-5-15(4,20(6-2)7-3)13(18-16)10-12-11-19-8-9-21-14(19)17-12/h8-9,11,13,18H,5-7,10,16H2,1-4H3. The lowest BCUT2D eigenvalue weighted by Crippen LogP contribution is -2.61. The Morgan fingerprint density at radius 2 is 2.14 bits per heavy atom. The van der Waals surface area contributed by atoms with E-state index in [4.69, 9.17) is 5.84 Å². The van der Waals surface area contributed by atoms with Gasteiger partial charge >= 0.3 is 0 Å². The summed E-state index contributed by atoms with van der Waals surface area (Å²) < 4.78 is 2.08. The van der Waals surface area contributed by atoms with Gasteiger partial charge in [-0.2, -0.15) is 0 Å². The molecule has 3 N–H and O–H groups in total. The van der Waals surface area contributed by atoms with Crippen LogP contribution in [0.2, 0.25) is 0 Å². The molecule has 5 nitrogen and oxygen atoms in total. The Morgan fingerprint density at radius 1 is 1.43 bits per heavy atom. The highest BCUT2D eigenvalue weighted by atomic mass is 32.1. The normalized spacial score (nSPS) is 16.5. The van der Waals surface area contributed by atoms with E-state index in [1.54, 1.807) is 11.3 Å². The van der Waals surface area contributed by atoms with E-state index in [0.717, 1.165) is 36.6 Å². The minimum absolute atomic E-state index is 0.0231. The lowest BCUT2D eigenvalue weighted by Gasteiger charge is -2.45. The predicted molar refractivity (Wildman–Crippen MR) is 89.5 cm³/mol. The van der Waals surface area contributed by atoms with Crippen molar-refractivity contribution in [3.8, 4) is 0 Å². The summed E-state index contributed by atoms with van der Waals surface area (Å²) in [5.74, 6) is 5.89. The summed E-state index contributed by atoms with van der Waals surface area (Å²) in [4.78, 5) is 8.21. The molecule has 0 saturated carbocycles. The maximum absolute atomic E-state index is 5.89. The average molecular weight is 309 g/mol. The highest BCUT2D eigenvalue weighted by Gasteiger charge is 2.36. The smallest absolute Gasteiger partial charge is 0.193 e. The molecule has 2 aromatic heterocycles. The van der Waals surface area contributed by atoms with E-state index in [-0.39, 0.29) is 11.6 Å². The van der Waals surface area contributed by atoms with E-state index >= 15 is 0 Å². The quantitative estimate of drug-likeness (QED) is 0.580. The van der Waals surface area contributed by atoms with Crippen molar-refractivity contribution in [2.45, 2.75) is 52.1 Å². The van der Waals surface area contributed by atoms with Crippen molar-refractivity contribution in [2.24, 2.45) is 5.84 Å². The van der Waals surface area contributed by atoms with Gasteiger partial charge in [0.05, 0.1) is 5.69 Å². The molecule has 118 valence electrons. The summed E-state index contributed by atoms with van der Waals surface area (Å²) in [6, 6.07) is 0.173. The molecule has 0 radical (unpaired) electrons. The second kappa shape index (κ2) is 6.87. The topological polar surface area (TPSA) is 58.6 Å². The van der Waals surface area contributed by atoms with E-state index < -0.39 is 0 Å². The molecule has 0 fully saturated rings. The van der Waals surface area contributed by atoms with Crippen molar-refractivity contribution in [3.63, 3.8) is 0 Å². The number of likely N-dealkylation sites (N-methyl/N-ethyl adjacent to an activating group) is 1. The number of thiazole rings is 1. The van der Waals surface area contributed by atoms with Gasteiger partial charge in [0, 0.05) is 35.8 Å². The Hall–Kier alpha value is -0.950. The van der Waals surface area contributed by atoms with Crippen LogP contribution in [0.15, 0.2) is 17.8 Å². The molecular formula is C15H27N5S. The van der Waals surface area contributed by atoms with E-state index in [9.17, 15) is 0 Å². The minimum Gasteiger partial charge on any atom is -0.297 e. The lowest BCUT2D eigenvalue weighted by atomic mass is 9.85. The molecule has 2 rings (SSSR count). The van der Waals surface area contributed by atoms with Crippen LogP contribution in [-0.4, -0.2) is 39.0 Å². The average Bonchev–Trinajstić information content (AvgIpc) is 3.06. The van der Waals surface area contributed by atoms with Crippen LogP contribution >= 0.6 is 11.3 Å². The van der Waals surface area contributed by atoms with Crippen LogP contribution in [0.4, 0.5) is 0 Å². The Labute approximate surface area is 131 Å². The molecule has 0 spiro atoms. The van der Waals surface area contributed by atoms with Crippen molar-refractivity contribution in [2.75, 3.05) is 13.1 Å². The highest BCUT2D eigenvalue weighted by molar-refractivity contribution is 7.15. The predicted octanol–water partition coefficient (Wildman–Crippen LogP) is 2.28. The van der Waals surface area contributed by atoms with Crippen molar-refractivity contribution in [3.05, 3.63) is 23.5 Å². The van der Waals surface area contributed by atoms with Crippen LogP contribution in [0.25, 0.3) is 4.96 Å². The van der Waals surface area contributed by atoms with Crippen LogP contribution in [0.3, 0.4) is 0 Å². The van der Waals surface area contributed by atoms with Gasteiger partial charge in [0.25, 0.3) is 0 Å². The molecule has 0 aliphatic heterocycles. The number of nitrogens with one attached hydrogen (secondary N) is 1. The Balaban J connectivity index is 2.22. The minimum atomic E-state index is 0.0231. The van der Waals surface area contributed by atoms with Crippen LogP contribution < -0.4 is 11.3 Å². The number of imidazole rings is 1. The largest absolute Gasteiger partial charge is 0.297 e. The van der Waals surface area contributed by atoms with Gasteiger partial charge in [0.2, 0.25) is 0 Å². The van der Waals surface area contributed by atoms with Crippen LogP contribution in [0, 0.1) is 0 Å². The number of hydrogen-bond acceptors (Lipinski definition) is 5. The van der Waals surface area contributed by atoms with E-state index in [1.807, 2.05) is 6.20 Å². The second-order valence-electron chi connectivity index (χ2n) is 5.63. The lowest BCUT2D eigenvalue weighted by molar-refractivity contribution is 0.0698. The van der Waals surface area contributed by atoms with Gasteiger partial charge in [-0.3, -0.25) is 20.6 Å². The summed E-state index contributed by atoms with van der Waals surface area (Å²) >= 11 is 1.66. The van der Waals surface area contributed by atoms with E-state index in [0.29, 0.717) is 0 Å². The van der Waals surface area contributed by atoms with Gasteiger partial charge in [-0.15, -0.1) is 11.3 Å². The van der Waals surface area contributed by atoms with Crippen molar-refractivity contribution < 1.29 is 0 Å². The first-order chi connectivity index (χ1) is 10.1. The van der Waals surface area contributed by atoms with Gasteiger partial charge in [-0.25, -0.2) is 4.98 Å². The van der Waals surface area contributed by atoms with Crippen molar-refractivity contribution >= 4 is 16.3 Å². The number of hydrogen-bond donors (Lipinski definition) is 2. The van der Waals surface area contributed by atoms with Gasteiger partial charge in [-0.1, -0.05) is 20.8 Å². The van der Waals surface area contributed by atoms with Crippen LogP contribution in [0.1, 0.15) is 39.8 Å². The maximum atomic E-state index is 5.89. The summed E-state index contributed by atoms with van der Waals surface area (Å²) in [6.07, 6.45) is 6.04. The van der Waals surface area contributed by atoms with Gasteiger partial charge in [-0.05, 0) is 26.4 Å². The van der Waals surface area contributed by atoms with Crippen LogP contribution in [-0.2, 0) is 6.42 Å². The van der Waals surface area contributed by atoms with Gasteiger partial charge in [0.15, 0.2) is 4.96 Å². The number of aromatic nitrogens is 2. The Kier molecular flexibility index (Phi) is 5.37. The van der Waals surface area contributed by atoms with E-state index in [2.05, 4.69) is 59.0 Å². The van der Waals surface area contributed by atoms with E-state index in [1.165, 1.54) is 0 Å². The SMILES string of the molecule is CCN(CC)C(C)(CC)C(Cc1cn2ccsc2n1)NN. The highest BCUT2D eigenvalue weighted by Crippen LogP contribution is 2.26. The molecule has 0 aromatic carbocycles. The summed E-state index contributed by atoms with van der Waals surface area (Å²) in [5.41, 5.74) is 4.16. The Morgan fingerprint density at radius 3 is 2.67 bits per heavy atom. The third-order valence-electron chi connectivity index (χ3n) is 4.71. The number of nitrogens with two attached hydrogens (primary N) is 1. The molecule has 0 bridgehead atoms. The molecule has 0 saturated heterocycles. The molecule has 21 heavy (non-hydrogen) atoms. The first kappa shape index (κ1) is 16.4. The van der Waals surface area contributed by atoms with Gasteiger partial charge in [0.1, 0.15) is 0 Å². The number of hydrazine groups is 1. The summed E-state index contributed by atoms with van der Waals surface area (Å²) in [6.45, 7) is 11.0. The Bertz CT molecular complexity index is 531. The fourth-order valence-corrected chi connectivity index (χ4v) is 3.90. The third kappa shape index (κ3) is 3.13. The van der Waals surface area contributed by atoms with Crippen LogP contribution in [0.5, 0.6) is 0 Å². The maximum Gasteiger partial charge on any atom is 0.193 e. The van der Waals surface area contributed by atoms with Crippen molar-refractivity contribution in [1.29, 1.82) is 0 Å². The zero-order valence-electron chi connectivity index (χ0n) is 13.5. The monoisotopic (exact) mass is 309 g/mol. The van der Waals surface area contributed by atoms with Crippen molar-refractivity contribution in [1.82, 2.24) is 19.7 Å². The third-order valence-corrected chi connectivity index (χ3v) is 5.48. The molecule has 0 aliphatic carbocycles. The second-order valence-corrected chi connectivity index (χ2v) is 6.50. The molecule has 0 aliphatic rings. The molecule has 2 heterocycles.